The van der Waals surface area contributed by atoms with Crippen LogP contribution in [0.5, 0.6) is 5.75 Å². The number of rotatable bonds is 5. The molecule has 3 rings (SSSR count). The molecule has 0 saturated carbocycles. The predicted molar refractivity (Wildman–Crippen MR) is 94.3 cm³/mol. The maximum atomic E-state index is 13.5. The Labute approximate surface area is 158 Å². The number of hydrogen-bond acceptors (Lipinski definition) is 5. The number of halogens is 3. The Morgan fingerprint density at radius 1 is 1.18 bits per heavy atom. The lowest BCUT2D eigenvalue weighted by Crippen LogP contribution is -2.14. The minimum absolute atomic E-state index is 0.112. The van der Waals surface area contributed by atoms with Gasteiger partial charge in [0.15, 0.2) is 11.5 Å². The van der Waals surface area contributed by atoms with E-state index >= 15 is 0 Å². The summed E-state index contributed by atoms with van der Waals surface area (Å²) >= 11 is 0. The van der Waals surface area contributed by atoms with Gasteiger partial charge in [-0.05, 0) is 49.4 Å². The third kappa shape index (κ3) is 3.83. The van der Waals surface area contributed by atoms with E-state index in [1.54, 1.807) is 31.2 Å². The van der Waals surface area contributed by atoms with Gasteiger partial charge in [-0.3, -0.25) is 0 Å². The summed E-state index contributed by atoms with van der Waals surface area (Å²) in [6, 6.07) is 10.1. The van der Waals surface area contributed by atoms with Gasteiger partial charge in [0, 0.05) is 11.8 Å². The molecule has 0 bridgehead atoms. The monoisotopic (exact) mass is 391 g/mol. The van der Waals surface area contributed by atoms with Crippen molar-refractivity contribution in [2.45, 2.75) is 13.1 Å². The normalized spacial score (nSPS) is 11.3. The van der Waals surface area contributed by atoms with E-state index in [0.29, 0.717) is 11.3 Å². The first kappa shape index (κ1) is 19.4. The minimum Gasteiger partial charge on any atom is -0.497 e. The largest absolute Gasteiger partial charge is 0.497 e. The van der Waals surface area contributed by atoms with Crippen molar-refractivity contribution >= 4 is 5.97 Å². The average Bonchev–Trinajstić information content (AvgIpc) is 3.13. The molecule has 146 valence electrons. The molecule has 0 aliphatic carbocycles. The number of benzene rings is 1. The van der Waals surface area contributed by atoms with Crippen LogP contribution in [0.1, 0.15) is 23.0 Å². The number of ether oxygens (including phenoxy) is 2. The van der Waals surface area contributed by atoms with Gasteiger partial charge in [-0.1, -0.05) is 0 Å². The van der Waals surface area contributed by atoms with Crippen LogP contribution in [0.15, 0.2) is 48.7 Å². The molecule has 6 nitrogen and oxygen atoms in total. The highest BCUT2D eigenvalue weighted by atomic mass is 19.4. The quantitative estimate of drug-likeness (QED) is 0.612. The van der Waals surface area contributed by atoms with E-state index in [2.05, 4.69) is 10.1 Å². The van der Waals surface area contributed by atoms with Crippen LogP contribution in [0.4, 0.5) is 13.2 Å². The summed E-state index contributed by atoms with van der Waals surface area (Å²) in [6.45, 7) is 1.74. The highest BCUT2D eigenvalue weighted by Gasteiger charge is 2.35. The first-order valence-electron chi connectivity index (χ1n) is 8.29. The van der Waals surface area contributed by atoms with Crippen molar-refractivity contribution in [2.75, 3.05) is 13.7 Å². The SMILES string of the molecule is CCOC(=O)c1cc(-c2ccc(OC)cc2)n(-c2ncccc2C(F)(F)F)n1. The zero-order valence-corrected chi connectivity index (χ0v) is 15.0. The van der Waals surface area contributed by atoms with Crippen LogP contribution >= 0.6 is 0 Å². The lowest BCUT2D eigenvalue weighted by atomic mass is 10.1. The molecule has 0 aliphatic heterocycles. The predicted octanol–water partition coefficient (Wildman–Crippen LogP) is 4.14. The fraction of sp³-hybridized carbons (Fsp3) is 0.211. The smallest absolute Gasteiger partial charge is 0.420 e. The molecule has 0 spiro atoms. The molecule has 0 amide bonds. The first-order chi connectivity index (χ1) is 13.3. The van der Waals surface area contributed by atoms with E-state index in [1.165, 1.54) is 25.4 Å². The Bertz CT molecular complexity index is 982. The van der Waals surface area contributed by atoms with Gasteiger partial charge in [-0.15, -0.1) is 0 Å². The van der Waals surface area contributed by atoms with Crippen molar-refractivity contribution in [1.29, 1.82) is 0 Å². The maximum absolute atomic E-state index is 13.5. The number of hydrogen-bond donors (Lipinski definition) is 0. The number of nitrogens with zero attached hydrogens (tertiary/aromatic N) is 3. The highest BCUT2D eigenvalue weighted by molar-refractivity contribution is 5.89. The summed E-state index contributed by atoms with van der Waals surface area (Å²) in [5.74, 6) is -0.592. The fourth-order valence-electron chi connectivity index (χ4n) is 2.60. The minimum atomic E-state index is -4.64. The van der Waals surface area contributed by atoms with E-state index in [9.17, 15) is 18.0 Å². The molecule has 0 aliphatic rings. The molecule has 9 heteroatoms. The summed E-state index contributed by atoms with van der Waals surface area (Å²) in [6.07, 6.45) is -3.41. The van der Waals surface area contributed by atoms with Gasteiger partial charge in [0.05, 0.1) is 19.4 Å². The lowest BCUT2D eigenvalue weighted by molar-refractivity contribution is -0.137. The second-order valence-corrected chi connectivity index (χ2v) is 5.65. The number of methoxy groups -OCH3 is 1. The van der Waals surface area contributed by atoms with Gasteiger partial charge in [0.25, 0.3) is 0 Å². The van der Waals surface area contributed by atoms with Crippen LogP contribution in [-0.4, -0.2) is 34.5 Å². The number of carbonyl (C=O) groups excluding carboxylic acids is 1. The molecule has 2 heterocycles. The number of pyridine rings is 1. The van der Waals surface area contributed by atoms with E-state index in [0.717, 1.165) is 10.7 Å². The molecule has 0 unspecified atom stereocenters. The molecule has 0 radical (unpaired) electrons. The molecule has 3 aromatic rings. The van der Waals surface area contributed by atoms with Crippen molar-refractivity contribution in [3.8, 4) is 22.8 Å². The van der Waals surface area contributed by atoms with E-state index < -0.39 is 23.5 Å². The molecular weight excluding hydrogens is 375 g/mol. The van der Waals surface area contributed by atoms with Crippen molar-refractivity contribution in [3.63, 3.8) is 0 Å². The van der Waals surface area contributed by atoms with Crippen LogP contribution < -0.4 is 4.74 Å². The molecule has 1 aromatic carbocycles. The zero-order valence-electron chi connectivity index (χ0n) is 15.0. The molecule has 2 aromatic heterocycles. The van der Waals surface area contributed by atoms with Gasteiger partial charge < -0.3 is 9.47 Å². The summed E-state index contributed by atoms with van der Waals surface area (Å²) in [4.78, 5) is 16.0. The maximum Gasteiger partial charge on any atom is 0.420 e. The highest BCUT2D eigenvalue weighted by Crippen LogP contribution is 2.34. The molecule has 0 fully saturated rings. The van der Waals surface area contributed by atoms with Gasteiger partial charge in [-0.25, -0.2) is 14.5 Å². The number of aromatic nitrogens is 3. The Morgan fingerprint density at radius 3 is 2.50 bits per heavy atom. The van der Waals surface area contributed by atoms with Gasteiger partial charge in [0.1, 0.15) is 11.3 Å². The Balaban J connectivity index is 2.21. The van der Waals surface area contributed by atoms with Crippen LogP contribution in [0, 0.1) is 0 Å². The van der Waals surface area contributed by atoms with Crippen molar-refractivity contribution in [3.05, 3.63) is 59.9 Å². The van der Waals surface area contributed by atoms with Crippen molar-refractivity contribution in [1.82, 2.24) is 14.8 Å². The lowest BCUT2D eigenvalue weighted by Gasteiger charge is -2.13. The third-order valence-corrected chi connectivity index (χ3v) is 3.87. The molecular formula is C19H16F3N3O3. The number of alkyl halides is 3. The van der Waals surface area contributed by atoms with Crippen molar-refractivity contribution < 1.29 is 27.4 Å². The Hall–Kier alpha value is -3.36. The number of carbonyl (C=O) groups is 1. The summed E-state index contributed by atoms with van der Waals surface area (Å²) < 4.78 is 51.4. The molecule has 0 atom stereocenters. The second kappa shape index (κ2) is 7.71. The van der Waals surface area contributed by atoms with E-state index in [4.69, 9.17) is 9.47 Å². The van der Waals surface area contributed by atoms with Crippen LogP contribution in [0.2, 0.25) is 0 Å². The van der Waals surface area contributed by atoms with Gasteiger partial charge in [0.2, 0.25) is 0 Å². The summed E-state index contributed by atoms with van der Waals surface area (Å²) in [5, 5.41) is 4.04. The van der Waals surface area contributed by atoms with Gasteiger partial charge in [-0.2, -0.15) is 18.3 Å². The first-order valence-corrected chi connectivity index (χ1v) is 8.29. The second-order valence-electron chi connectivity index (χ2n) is 5.65. The Kier molecular flexibility index (Phi) is 5.34. The Morgan fingerprint density at radius 2 is 1.89 bits per heavy atom. The van der Waals surface area contributed by atoms with Gasteiger partial charge >= 0.3 is 12.1 Å². The summed E-state index contributed by atoms with van der Waals surface area (Å²) in [7, 11) is 1.50. The topological polar surface area (TPSA) is 66.2 Å². The van der Waals surface area contributed by atoms with Crippen molar-refractivity contribution in [2.24, 2.45) is 0 Å². The molecule has 28 heavy (non-hydrogen) atoms. The third-order valence-electron chi connectivity index (χ3n) is 3.87. The van der Waals surface area contributed by atoms with E-state index in [-0.39, 0.29) is 18.0 Å². The van der Waals surface area contributed by atoms with Crippen LogP contribution in [-0.2, 0) is 10.9 Å². The molecule has 0 saturated heterocycles. The molecule has 0 N–H and O–H groups in total. The van der Waals surface area contributed by atoms with E-state index in [1.807, 2.05) is 0 Å². The standard InChI is InChI=1S/C19H16F3N3O3/c1-3-28-18(26)15-11-16(12-6-8-13(27-2)9-7-12)25(24-15)17-14(19(20,21)22)5-4-10-23-17/h4-11H,3H2,1-2H3. The summed E-state index contributed by atoms with van der Waals surface area (Å²) in [5.41, 5.74) is -0.299. The fourth-order valence-corrected chi connectivity index (χ4v) is 2.60. The van der Waals surface area contributed by atoms with Crippen LogP contribution in [0.3, 0.4) is 0 Å². The zero-order chi connectivity index (χ0) is 20.3. The average molecular weight is 391 g/mol. The van der Waals surface area contributed by atoms with Crippen LogP contribution in [0.25, 0.3) is 17.1 Å². The number of esters is 1.